The van der Waals surface area contributed by atoms with Crippen molar-refractivity contribution >= 4 is 56.8 Å². The largest absolute Gasteiger partial charge is 0.309 e. The van der Waals surface area contributed by atoms with Crippen LogP contribution in [0, 0.1) is 0 Å². The Bertz CT molecular complexity index is 2310. The van der Waals surface area contributed by atoms with Gasteiger partial charge in [0.2, 0.25) is 0 Å². The molecule has 2 heterocycles. The van der Waals surface area contributed by atoms with E-state index in [1.54, 1.807) is 0 Å². The second-order valence-electron chi connectivity index (χ2n) is 14.3. The lowest BCUT2D eigenvalue weighted by molar-refractivity contribution is 0.590. The average Bonchev–Trinajstić information content (AvgIpc) is 3.51. The Balaban J connectivity index is 1.27. The summed E-state index contributed by atoms with van der Waals surface area (Å²) in [4.78, 5) is 0. The van der Waals surface area contributed by atoms with Gasteiger partial charge in [0.15, 0.2) is 7.14 Å². The van der Waals surface area contributed by atoms with E-state index in [0.717, 1.165) is 38.2 Å². The highest BCUT2D eigenvalue weighted by atomic mass is 32.4. The summed E-state index contributed by atoms with van der Waals surface area (Å²) in [6.45, 7) is 11.1. The first-order chi connectivity index (χ1) is 22.5. The minimum Gasteiger partial charge on any atom is -0.309 e. The normalized spacial score (nSPS) is 19.3. The van der Waals surface area contributed by atoms with Crippen molar-refractivity contribution in [3.05, 3.63) is 145 Å². The summed E-state index contributed by atoms with van der Waals surface area (Å²) < 4.78 is 15.2. The van der Waals surface area contributed by atoms with Crippen LogP contribution in [-0.4, -0.2) is 0 Å². The summed E-state index contributed by atoms with van der Waals surface area (Å²) in [5.41, 5.74) is 9.54. The Morgan fingerprint density at radius 3 is 1.72 bits per heavy atom. The monoisotopic (exact) mass is 664 g/mol. The van der Waals surface area contributed by atoms with Crippen molar-refractivity contribution in [2.24, 2.45) is 0 Å². The SMILES string of the molecule is CC(C)c1ccc(P2(=O)c3ccccc3-c3cc(-c4ccc5c(c4)P(=S)(c4ccc(C(C)(C)C)cc4)c4ccccc4-5)ccc32)cc1. The van der Waals surface area contributed by atoms with Crippen LogP contribution in [0.3, 0.4) is 0 Å². The van der Waals surface area contributed by atoms with Gasteiger partial charge >= 0.3 is 0 Å². The van der Waals surface area contributed by atoms with Crippen LogP contribution in [0.2, 0.25) is 0 Å². The van der Waals surface area contributed by atoms with Crippen LogP contribution in [0.15, 0.2) is 133 Å². The van der Waals surface area contributed by atoms with Gasteiger partial charge in [-0.25, -0.2) is 0 Å². The average molecular weight is 665 g/mol. The maximum atomic E-state index is 15.2. The molecule has 2 unspecified atom stereocenters. The smallest absolute Gasteiger partial charge is 0.172 e. The van der Waals surface area contributed by atoms with Gasteiger partial charge in [0.1, 0.15) is 0 Å². The highest BCUT2D eigenvalue weighted by molar-refractivity contribution is 8.26. The summed E-state index contributed by atoms with van der Waals surface area (Å²) in [6, 6.07) is 45.6. The van der Waals surface area contributed by atoms with Gasteiger partial charge in [-0.2, -0.15) is 0 Å². The molecular weight excluding hydrogens is 626 g/mol. The maximum absolute atomic E-state index is 15.2. The van der Waals surface area contributed by atoms with E-state index < -0.39 is 13.2 Å². The summed E-state index contributed by atoms with van der Waals surface area (Å²) >= 11 is 6.80. The number of rotatable bonds is 4. The van der Waals surface area contributed by atoms with E-state index in [2.05, 4.69) is 162 Å². The van der Waals surface area contributed by atoms with Gasteiger partial charge in [0.25, 0.3) is 0 Å². The molecule has 1 nitrogen and oxygen atoms in total. The molecule has 2 atom stereocenters. The molecule has 0 amide bonds. The quantitative estimate of drug-likeness (QED) is 0.175. The first-order valence-electron chi connectivity index (χ1n) is 16.4. The fraction of sp³-hybridized carbons (Fsp3) is 0.163. The molecule has 47 heavy (non-hydrogen) atoms. The lowest BCUT2D eigenvalue weighted by atomic mass is 9.87. The molecule has 6 aromatic carbocycles. The molecule has 2 aliphatic heterocycles. The van der Waals surface area contributed by atoms with Gasteiger partial charge in [-0.05, 0) is 79.3 Å². The van der Waals surface area contributed by atoms with Crippen LogP contribution in [0.5, 0.6) is 0 Å². The molecule has 0 bridgehead atoms. The maximum Gasteiger partial charge on any atom is 0.172 e. The third kappa shape index (κ3) is 4.57. The van der Waals surface area contributed by atoms with E-state index in [1.807, 2.05) is 6.07 Å². The van der Waals surface area contributed by atoms with Crippen molar-refractivity contribution in [2.45, 2.75) is 46.0 Å². The minimum absolute atomic E-state index is 0.0813. The van der Waals surface area contributed by atoms with Gasteiger partial charge in [-0.1, -0.05) is 162 Å². The molecule has 8 rings (SSSR count). The van der Waals surface area contributed by atoms with Crippen LogP contribution in [-0.2, 0) is 21.8 Å². The first kappa shape index (κ1) is 30.5. The summed E-state index contributed by atoms with van der Waals surface area (Å²) in [6.07, 6.45) is 0. The predicted molar refractivity (Wildman–Crippen MR) is 208 cm³/mol. The molecule has 0 aromatic heterocycles. The van der Waals surface area contributed by atoms with Crippen molar-refractivity contribution in [3.63, 3.8) is 0 Å². The van der Waals surface area contributed by atoms with Crippen molar-refractivity contribution in [1.82, 2.24) is 0 Å². The van der Waals surface area contributed by atoms with Crippen LogP contribution in [0.1, 0.15) is 51.7 Å². The van der Waals surface area contributed by atoms with E-state index in [9.17, 15) is 0 Å². The van der Waals surface area contributed by atoms with E-state index in [0.29, 0.717) is 5.92 Å². The summed E-state index contributed by atoms with van der Waals surface area (Å²) in [7, 11) is -3.00. The Morgan fingerprint density at radius 1 is 0.532 bits per heavy atom. The molecule has 232 valence electrons. The van der Waals surface area contributed by atoms with E-state index in [-0.39, 0.29) is 5.41 Å². The zero-order valence-electron chi connectivity index (χ0n) is 27.5. The van der Waals surface area contributed by atoms with Crippen molar-refractivity contribution in [2.75, 3.05) is 0 Å². The lowest BCUT2D eigenvalue weighted by Crippen LogP contribution is -2.22. The highest BCUT2D eigenvalue weighted by Crippen LogP contribution is 2.55. The zero-order valence-corrected chi connectivity index (χ0v) is 30.1. The number of benzene rings is 6. The Kier molecular flexibility index (Phi) is 7.06. The van der Waals surface area contributed by atoms with Crippen molar-refractivity contribution in [1.29, 1.82) is 0 Å². The van der Waals surface area contributed by atoms with Crippen LogP contribution in [0.25, 0.3) is 33.4 Å². The third-order valence-corrected chi connectivity index (χ3v) is 18.2. The molecule has 0 radical (unpaired) electrons. The van der Waals surface area contributed by atoms with E-state index >= 15 is 4.57 Å². The Hall–Kier alpha value is -3.80. The second kappa shape index (κ2) is 10.9. The molecule has 0 fully saturated rings. The van der Waals surface area contributed by atoms with Crippen molar-refractivity contribution < 1.29 is 4.57 Å². The van der Waals surface area contributed by atoms with Gasteiger partial charge in [-0.3, -0.25) is 0 Å². The molecule has 6 aromatic rings. The zero-order chi connectivity index (χ0) is 32.7. The van der Waals surface area contributed by atoms with E-state index in [4.69, 9.17) is 11.8 Å². The molecule has 0 spiro atoms. The number of hydrogen-bond acceptors (Lipinski definition) is 2. The predicted octanol–water partition coefficient (Wildman–Crippen LogP) is 9.13. The fourth-order valence-corrected chi connectivity index (χ4v) is 14.8. The molecular formula is C43H38OP2S. The topological polar surface area (TPSA) is 17.1 Å². The molecule has 0 saturated heterocycles. The third-order valence-electron chi connectivity index (χ3n) is 10.1. The van der Waals surface area contributed by atoms with Crippen LogP contribution >= 0.6 is 13.2 Å². The van der Waals surface area contributed by atoms with Gasteiger partial charge in [-0.15, -0.1) is 0 Å². The first-order valence-corrected chi connectivity index (χ1v) is 20.9. The van der Waals surface area contributed by atoms with Gasteiger partial charge < -0.3 is 4.57 Å². The molecule has 0 saturated carbocycles. The summed E-state index contributed by atoms with van der Waals surface area (Å²) in [5, 5.41) is 6.52. The molecule has 0 aliphatic carbocycles. The van der Waals surface area contributed by atoms with Gasteiger partial charge in [0.05, 0.1) is 0 Å². The molecule has 2 aliphatic rings. The standard InChI is InChI=1S/C43H38OP2S/c1-28(2)29-14-20-33(21-15-29)45(44)39-12-8-6-11-36(39)38-26-30(17-25-40(38)45)31-16-24-37-35-10-7-9-13-41(35)46(47,42(37)27-31)34-22-18-32(19-23-34)43(3,4)5/h6-28H,1-5H3. The second-order valence-corrected chi connectivity index (χ2v) is 21.3. The Labute approximate surface area is 284 Å². The van der Waals surface area contributed by atoms with Crippen LogP contribution < -0.4 is 31.8 Å². The Morgan fingerprint density at radius 2 is 1.06 bits per heavy atom. The van der Waals surface area contributed by atoms with E-state index in [1.165, 1.54) is 38.2 Å². The fourth-order valence-electron chi connectivity index (χ4n) is 7.41. The minimum atomic E-state index is -3.00. The molecule has 4 heteroatoms. The van der Waals surface area contributed by atoms with Crippen molar-refractivity contribution in [3.8, 4) is 33.4 Å². The number of fused-ring (bicyclic) bond motifs is 6. The highest BCUT2D eigenvalue weighted by Gasteiger charge is 2.41. The summed E-state index contributed by atoms with van der Waals surface area (Å²) in [5.74, 6) is 0.426. The molecule has 0 N–H and O–H groups in total. The number of hydrogen-bond donors (Lipinski definition) is 0. The van der Waals surface area contributed by atoms with Crippen LogP contribution in [0.4, 0.5) is 0 Å². The van der Waals surface area contributed by atoms with Gasteiger partial charge in [0, 0.05) is 32.6 Å². The lowest BCUT2D eigenvalue weighted by Gasteiger charge is -2.23.